The number of carbonyl (C=O) groups is 1. The number of hydrogen-bond acceptors (Lipinski definition) is 3. The molecule has 0 saturated carbocycles. The van der Waals surface area contributed by atoms with Gasteiger partial charge in [0.15, 0.2) is 0 Å². The molecule has 5 heteroatoms. The average Bonchev–Trinajstić information content (AvgIpc) is 2.26. The van der Waals surface area contributed by atoms with E-state index in [9.17, 15) is 9.59 Å². The van der Waals surface area contributed by atoms with Crippen LogP contribution in [0.2, 0.25) is 0 Å². The van der Waals surface area contributed by atoms with E-state index in [1.54, 1.807) is 12.3 Å². The van der Waals surface area contributed by atoms with Gasteiger partial charge in [-0.15, -0.1) is 0 Å². The molecular formula is C10H13N3O2. The van der Waals surface area contributed by atoms with E-state index in [1.807, 2.05) is 0 Å². The molecular weight excluding hydrogens is 194 g/mol. The second-order valence-corrected chi connectivity index (χ2v) is 2.94. The summed E-state index contributed by atoms with van der Waals surface area (Å²) in [7, 11) is 0. The molecule has 1 heterocycles. The van der Waals surface area contributed by atoms with Gasteiger partial charge in [-0.1, -0.05) is 6.58 Å². The van der Waals surface area contributed by atoms with Crippen molar-refractivity contribution in [2.75, 3.05) is 6.54 Å². The molecule has 0 saturated heterocycles. The van der Waals surface area contributed by atoms with Crippen molar-refractivity contribution < 1.29 is 4.79 Å². The first-order valence-electron chi connectivity index (χ1n) is 4.66. The lowest BCUT2D eigenvalue weighted by atomic mass is 10.4. The highest BCUT2D eigenvalue weighted by molar-refractivity contribution is 5.86. The van der Waals surface area contributed by atoms with E-state index in [2.05, 4.69) is 16.9 Å². The summed E-state index contributed by atoms with van der Waals surface area (Å²) in [6, 6.07) is 1.70. The van der Waals surface area contributed by atoms with Crippen LogP contribution in [-0.2, 0) is 11.3 Å². The molecule has 0 fully saturated rings. The molecule has 15 heavy (non-hydrogen) atoms. The average molecular weight is 207 g/mol. The molecule has 5 nitrogen and oxygen atoms in total. The number of aromatic nitrogens is 2. The van der Waals surface area contributed by atoms with Crippen LogP contribution in [0.3, 0.4) is 0 Å². The van der Waals surface area contributed by atoms with Gasteiger partial charge in [-0.2, -0.15) is 0 Å². The third-order valence-corrected chi connectivity index (χ3v) is 1.84. The van der Waals surface area contributed by atoms with Gasteiger partial charge < -0.3 is 5.32 Å². The summed E-state index contributed by atoms with van der Waals surface area (Å²) in [5, 5.41) is 2.63. The van der Waals surface area contributed by atoms with Crippen LogP contribution in [0.1, 0.15) is 6.42 Å². The minimum absolute atomic E-state index is 0.200. The summed E-state index contributed by atoms with van der Waals surface area (Å²) in [6.07, 6.45) is 5.03. The van der Waals surface area contributed by atoms with E-state index in [4.69, 9.17) is 0 Å². The Bertz CT molecular complexity index is 398. The van der Waals surface area contributed by atoms with Crippen molar-refractivity contribution in [3.05, 3.63) is 41.6 Å². The molecule has 0 atom stereocenters. The van der Waals surface area contributed by atoms with Gasteiger partial charge in [0.1, 0.15) is 0 Å². The Labute approximate surface area is 87.5 Å². The van der Waals surface area contributed by atoms with Crippen molar-refractivity contribution in [1.82, 2.24) is 14.9 Å². The fourth-order valence-corrected chi connectivity index (χ4v) is 1.09. The second-order valence-electron chi connectivity index (χ2n) is 2.94. The van der Waals surface area contributed by atoms with E-state index >= 15 is 0 Å². The molecule has 0 bridgehead atoms. The topological polar surface area (TPSA) is 64.0 Å². The SMILES string of the molecule is C=CC(=O)NCCCn1cccnc1=O. The second kappa shape index (κ2) is 5.74. The van der Waals surface area contributed by atoms with Crippen molar-refractivity contribution >= 4 is 5.91 Å². The number of rotatable bonds is 5. The van der Waals surface area contributed by atoms with Crippen LogP contribution in [0.25, 0.3) is 0 Å². The quantitative estimate of drug-likeness (QED) is 0.543. The van der Waals surface area contributed by atoms with E-state index < -0.39 is 0 Å². The molecule has 0 aliphatic rings. The lowest BCUT2D eigenvalue weighted by Crippen LogP contribution is -2.26. The van der Waals surface area contributed by atoms with Gasteiger partial charge >= 0.3 is 5.69 Å². The van der Waals surface area contributed by atoms with Crippen molar-refractivity contribution in [1.29, 1.82) is 0 Å². The molecule has 0 radical (unpaired) electrons. The Hall–Kier alpha value is -1.91. The third-order valence-electron chi connectivity index (χ3n) is 1.84. The third kappa shape index (κ3) is 3.76. The molecule has 80 valence electrons. The first kappa shape index (κ1) is 11.2. The van der Waals surface area contributed by atoms with Crippen molar-refractivity contribution in [3.8, 4) is 0 Å². The predicted molar refractivity (Wildman–Crippen MR) is 56.3 cm³/mol. The van der Waals surface area contributed by atoms with Crippen LogP contribution < -0.4 is 11.0 Å². The van der Waals surface area contributed by atoms with E-state index in [0.717, 1.165) is 0 Å². The summed E-state index contributed by atoms with van der Waals surface area (Å²) in [5.74, 6) is -0.200. The Balaban J connectivity index is 2.32. The lowest BCUT2D eigenvalue weighted by molar-refractivity contribution is -0.116. The van der Waals surface area contributed by atoms with Crippen molar-refractivity contribution in [3.63, 3.8) is 0 Å². The summed E-state index contributed by atoms with van der Waals surface area (Å²) in [5.41, 5.74) is -0.271. The van der Waals surface area contributed by atoms with Gasteiger partial charge in [0.25, 0.3) is 0 Å². The Morgan fingerprint density at radius 1 is 1.67 bits per heavy atom. The number of hydrogen-bond donors (Lipinski definition) is 1. The van der Waals surface area contributed by atoms with Gasteiger partial charge in [0.05, 0.1) is 0 Å². The van der Waals surface area contributed by atoms with Crippen LogP contribution in [0.4, 0.5) is 0 Å². The standard InChI is InChI=1S/C10H13N3O2/c1-2-9(14)11-5-3-7-13-8-4-6-12-10(13)15/h2,4,6,8H,1,3,5,7H2,(H,11,14). The fraction of sp³-hybridized carbons (Fsp3) is 0.300. The molecule has 0 aliphatic heterocycles. The summed E-state index contributed by atoms with van der Waals surface area (Å²) in [4.78, 5) is 25.5. The van der Waals surface area contributed by atoms with Gasteiger partial charge in [-0.05, 0) is 18.6 Å². The number of aryl methyl sites for hydroxylation is 1. The zero-order valence-corrected chi connectivity index (χ0v) is 8.35. The first-order valence-corrected chi connectivity index (χ1v) is 4.66. The number of carbonyl (C=O) groups excluding carboxylic acids is 1. The normalized spacial score (nSPS) is 9.60. The molecule has 0 aliphatic carbocycles. The smallest absolute Gasteiger partial charge is 0.347 e. The zero-order valence-electron chi connectivity index (χ0n) is 8.35. The highest BCUT2D eigenvalue weighted by Crippen LogP contribution is 1.84. The van der Waals surface area contributed by atoms with Crippen LogP contribution in [0.5, 0.6) is 0 Å². The Kier molecular flexibility index (Phi) is 4.28. The molecule has 0 spiro atoms. The number of nitrogens with one attached hydrogen (secondary N) is 1. The first-order chi connectivity index (χ1) is 7.24. The van der Waals surface area contributed by atoms with Crippen molar-refractivity contribution in [2.45, 2.75) is 13.0 Å². The largest absolute Gasteiger partial charge is 0.353 e. The highest BCUT2D eigenvalue weighted by Gasteiger charge is 1.96. The molecule has 1 aromatic rings. The van der Waals surface area contributed by atoms with Crippen LogP contribution in [-0.4, -0.2) is 22.0 Å². The lowest BCUT2D eigenvalue weighted by Gasteiger charge is -2.04. The van der Waals surface area contributed by atoms with E-state index in [-0.39, 0.29) is 11.6 Å². The van der Waals surface area contributed by atoms with Gasteiger partial charge in [-0.3, -0.25) is 9.36 Å². The van der Waals surface area contributed by atoms with Gasteiger partial charge in [-0.25, -0.2) is 9.78 Å². The minimum atomic E-state index is -0.271. The zero-order chi connectivity index (χ0) is 11.1. The Morgan fingerprint density at radius 2 is 2.47 bits per heavy atom. The number of amides is 1. The monoisotopic (exact) mass is 207 g/mol. The van der Waals surface area contributed by atoms with Crippen LogP contribution >= 0.6 is 0 Å². The van der Waals surface area contributed by atoms with E-state index in [0.29, 0.717) is 19.5 Å². The van der Waals surface area contributed by atoms with Gasteiger partial charge in [0, 0.05) is 25.5 Å². The maximum Gasteiger partial charge on any atom is 0.347 e. The maximum absolute atomic E-state index is 11.2. The minimum Gasteiger partial charge on any atom is -0.353 e. The molecule has 0 unspecified atom stereocenters. The van der Waals surface area contributed by atoms with Crippen molar-refractivity contribution in [2.24, 2.45) is 0 Å². The highest BCUT2D eigenvalue weighted by atomic mass is 16.1. The summed E-state index contributed by atoms with van der Waals surface area (Å²) >= 11 is 0. The Morgan fingerprint density at radius 3 is 3.13 bits per heavy atom. The molecule has 1 amide bonds. The van der Waals surface area contributed by atoms with Gasteiger partial charge in [0.2, 0.25) is 5.91 Å². The molecule has 1 aromatic heterocycles. The fourth-order valence-electron chi connectivity index (χ4n) is 1.09. The maximum atomic E-state index is 11.2. The molecule has 1 N–H and O–H groups in total. The summed E-state index contributed by atoms with van der Waals surface area (Å²) < 4.78 is 1.50. The predicted octanol–water partition coefficient (Wildman–Crippen LogP) is -0.0644. The molecule has 0 aromatic carbocycles. The van der Waals surface area contributed by atoms with Crippen LogP contribution in [0, 0.1) is 0 Å². The number of nitrogens with zero attached hydrogens (tertiary/aromatic N) is 2. The van der Waals surface area contributed by atoms with Crippen LogP contribution in [0.15, 0.2) is 35.9 Å². The molecule has 1 rings (SSSR count). The summed E-state index contributed by atoms with van der Waals surface area (Å²) in [6.45, 7) is 4.40. The van der Waals surface area contributed by atoms with E-state index in [1.165, 1.54) is 16.8 Å².